The van der Waals surface area contributed by atoms with E-state index in [1.54, 1.807) is 6.07 Å². The lowest BCUT2D eigenvalue weighted by molar-refractivity contribution is -0.137. The highest BCUT2D eigenvalue weighted by Crippen LogP contribution is 2.32. The Balaban J connectivity index is 1.95. The highest BCUT2D eigenvalue weighted by molar-refractivity contribution is 5.82. The molecule has 0 saturated carbocycles. The molecule has 1 aromatic heterocycles. The summed E-state index contributed by atoms with van der Waals surface area (Å²) in [6, 6.07) is 5.91. The SMILES string of the molecule is CCn1c(CN2CCNCC2)cc2cc(C(F)(F)F)ccc21. The average molecular weight is 311 g/mol. The number of nitrogens with one attached hydrogen (secondary N) is 1. The van der Waals surface area contributed by atoms with Crippen LogP contribution in [0, 0.1) is 0 Å². The minimum absolute atomic E-state index is 0.582. The number of aryl methyl sites for hydroxylation is 1. The molecule has 22 heavy (non-hydrogen) atoms. The number of benzene rings is 1. The topological polar surface area (TPSA) is 20.2 Å². The molecule has 0 bridgehead atoms. The average Bonchev–Trinajstić information content (AvgIpc) is 2.83. The highest BCUT2D eigenvalue weighted by atomic mass is 19.4. The molecule has 2 aromatic rings. The Morgan fingerprint density at radius 2 is 1.86 bits per heavy atom. The van der Waals surface area contributed by atoms with Gasteiger partial charge in [0.1, 0.15) is 0 Å². The van der Waals surface area contributed by atoms with E-state index in [4.69, 9.17) is 0 Å². The van der Waals surface area contributed by atoms with Gasteiger partial charge in [0.05, 0.1) is 5.56 Å². The summed E-state index contributed by atoms with van der Waals surface area (Å²) in [5.74, 6) is 0. The fraction of sp³-hybridized carbons (Fsp3) is 0.500. The van der Waals surface area contributed by atoms with Crippen LogP contribution in [-0.4, -0.2) is 35.6 Å². The van der Waals surface area contributed by atoms with Gasteiger partial charge in [0.25, 0.3) is 0 Å². The van der Waals surface area contributed by atoms with Crippen LogP contribution in [0.5, 0.6) is 0 Å². The Morgan fingerprint density at radius 1 is 1.14 bits per heavy atom. The van der Waals surface area contributed by atoms with Gasteiger partial charge < -0.3 is 9.88 Å². The lowest BCUT2D eigenvalue weighted by atomic mass is 10.1. The summed E-state index contributed by atoms with van der Waals surface area (Å²) in [7, 11) is 0. The Labute approximate surface area is 127 Å². The zero-order valence-corrected chi connectivity index (χ0v) is 12.6. The number of piperazine rings is 1. The van der Waals surface area contributed by atoms with Crippen molar-refractivity contribution >= 4 is 10.9 Å². The maximum atomic E-state index is 12.9. The molecule has 0 amide bonds. The zero-order chi connectivity index (χ0) is 15.7. The van der Waals surface area contributed by atoms with Gasteiger partial charge in [0.15, 0.2) is 0 Å². The van der Waals surface area contributed by atoms with Crippen LogP contribution in [0.15, 0.2) is 24.3 Å². The molecule has 6 heteroatoms. The number of nitrogens with zero attached hydrogens (tertiary/aromatic N) is 2. The number of halogens is 3. The summed E-state index contributed by atoms with van der Waals surface area (Å²) >= 11 is 0. The minimum atomic E-state index is -4.29. The summed E-state index contributed by atoms with van der Waals surface area (Å²) in [5.41, 5.74) is 1.38. The van der Waals surface area contributed by atoms with Crippen molar-refractivity contribution in [3.63, 3.8) is 0 Å². The molecule has 1 aromatic carbocycles. The standard InChI is InChI=1S/C16H20F3N3/c1-2-22-14(11-21-7-5-20-6-8-21)10-12-9-13(16(17,18)19)3-4-15(12)22/h3-4,9-10,20H,2,5-8,11H2,1H3. The van der Waals surface area contributed by atoms with E-state index < -0.39 is 11.7 Å². The number of alkyl halides is 3. The summed E-state index contributed by atoms with van der Waals surface area (Å²) in [6.07, 6.45) is -4.29. The molecule has 1 aliphatic rings. The number of fused-ring (bicyclic) bond motifs is 1. The largest absolute Gasteiger partial charge is 0.416 e. The smallest absolute Gasteiger partial charge is 0.344 e. The maximum Gasteiger partial charge on any atom is 0.416 e. The highest BCUT2D eigenvalue weighted by Gasteiger charge is 2.30. The number of hydrogen-bond acceptors (Lipinski definition) is 2. The summed E-state index contributed by atoms with van der Waals surface area (Å²) in [4.78, 5) is 2.33. The Morgan fingerprint density at radius 3 is 2.50 bits per heavy atom. The molecule has 3 rings (SSSR count). The van der Waals surface area contributed by atoms with E-state index in [0.29, 0.717) is 5.39 Å². The van der Waals surface area contributed by atoms with Crippen LogP contribution in [0.3, 0.4) is 0 Å². The van der Waals surface area contributed by atoms with Crippen molar-refractivity contribution in [2.24, 2.45) is 0 Å². The Kier molecular flexibility index (Phi) is 4.14. The first-order valence-corrected chi connectivity index (χ1v) is 7.61. The first-order valence-electron chi connectivity index (χ1n) is 7.61. The van der Waals surface area contributed by atoms with Crippen molar-refractivity contribution < 1.29 is 13.2 Å². The van der Waals surface area contributed by atoms with Gasteiger partial charge in [0.2, 0.25) is 0 Å². The molecular formula is C16H20F3N3. The van der Waals surface area contributed by atoms with Gasteiger partial charge in [-0.25, -0.2) is 0 Å². The summed E-state index contributed by atoms with van der Waals surface area (Å²) in [6.45, 7) is 7.44. The van der Waals surface area contributed by atoms with E-state index in [9.17, 15) is 13.2 Å². The van der Waals surface area contributed by atoms with Crippen molar-refractivity contribution in [2.75, 3.05) is 26.2 Å². The van der Waals surface area contributed by atoms with E-state index in [2.05, 4.69) is 14.8 Å². The number of aromatic nitrogens is 1. The van der Waals surface area contributed by atoms with Gasteiger partial charge in [-0.2, -0.15) is 13.2 Å². The van der Waals surface area contributed by atoms with Crippen LogP contribution in [0.2, 0.25) is 0 Å². The van der Waals surface area contributed by atoms with Crippen LogP contribution in [0.1, 0.15) is 18.2 Å². The van der Waals surface area contributed by atoms with Gasteiger partial charge >= 0.3 is 6.18 Å². The molecule has 0 atom stereocenters. The Bertz CT molecular complexity index is 654. The second-order valence-corrected chi connectivity index (χ2v) is 5.68. The lowest BCUT2D eigenvalue weighted by Crippen LogP contribution is -2.43. The predicted octanol–water partition coefficient (Wildman–Crippen LogP) is 3.09. The quantitative estimate of drug-likeness (QED) is 0.940. The van der Waals surface area contributed by atoms with E-state index >= 15 is 0 Å². The van der Waals surface area contributed by atoms with E-state index in [1.165, 1.54) is 12.1 Å². The third-order valence-electron chi connectivity index (χ3n) is 4.23. The molecule has 1 saturated heterocycles. The van der Waals surface area contributed by atoms with Gasteiger partial charge in [-0.15, -0.1) is 0 Å². The maximum absolute atomic E-state index is 12.9. The van der Waals surface area contributed by atoms with Crippen LogP contribution in [-0.2, 0) is 19.3 Å². The molecule has 0 aliphatic carbocycles. The minimum Gasteiger partial charge on any atom is -0.344 e. The van der Waals surface area contributed by atoms with E-state index in [-0.39, 0.29) is 0 Å². The van der Waals surface area contributed by atoms with Crippen LogP contribution in [0.25, 0.3) is 10.9 Å². The van der Waals surface area contributed by atoms with E-state index in [1.807, 2.05) is 13.0 Å². The molecule has 3 nitrogen and oxygen atoms in total. The van der Waals surface area contributed by atoms with Crippen molar-refractivity contribution in [3.05, 3.63) is 35.5 Å². The van der Waals surface area contributed by atoms with Crippen molar-refractivity contribution in [1.82, 2.24) is 14.8 Å². The molecule has 1 aliphatic heterocycles. The third-order valence-corrected chi connectivity index (χ3v) is 4.23. The molecule has 0 spiro atoms. The monoisotopic (exact) mass is 311 g/mol. The molecular weight excluding hydrogens is 291 g/mol. The van der Waals surface area contributed by atoms with Gasteiger partial charge in [-0.05, 0) is 31.2 Å². The fourth-order valence-electron chi connectivity index (χ4n) is 3.11. The van der Waals surface area contributed by atoms with E-state index in [0.717, 1.165) is 50.5 Å². The van der Waals surface area contributed by atoms with Gasteiger partial charge in [0, 0.05) is 55.9 Å². The second-order valence-electron chi connectivity index (χ2n) is 5.68. The van der Waals surface area contributed by atoms with Crippen LogP contribution < -0.4 is 5.32 Å². The first-order chi connectivity index (χ1) is 10.5. The van der Waals surface area contributed by atoms with Gasteiger partial charge in [-0.3, -0.25) is 4.90 Å². The second kappa shape index (κ2) is 5.93. The lowest BCUT2D eigenvalue weighted by Gasteiger charge is -2.27. The van der Waals surface area contributed by atoms with Gasteiger partial charge in [-0.1, -0.05) is 0 Å². The fourth-order valence-corrected chi connectivity index (χ4v) is 3.11. The summed E-state index contributed by atoms with van der Waals surface area (Å²) < 4.78 is 40.7. The third kappa shape index (κ3) is 2.98. The van der Waals surface area contributed by atoms with Crippen molar-refractivity contribution in [2.45, 2.75) is 26.2 Å². The Hall–Kier alpha value is -1.53. The molecule has 0 radical (unpaired) electrons. The number of rotatable bonds is 3. The molecule has 120 valence electrons. The normalized spacial score (nSPS) is 17.3. The molecule has 1 fully saturated rings. The molecule has 1 N–H and O–H groups in total. The predicted molar refractivity (Wildman–Crippen MR) is 80.8 cm³/mol. The zero-order valence-electron chi connectivity index (χ0n) is 12.6. The van der Waals surface area contributed by atoms with Crippen LogP contribution >= 0.6 is 0 Å². The molecule has 0 unspecified atom stereocenters. The van der Waals surface area contributed by atoms with Crippen molar-refractivity contribution in [3.8, 4) is 0 Å². The van der Waals surface area contributed by atoms with Crippen LogP contribution in [0.4, 0.5) is 13.2 Å². The molecule has 2 heterocycles. The first kappa shape index (κ1) is 15.4. The van der Waals surface area contributed by atoms with Crippen molar-refractivity contribution in [1.29, 1.82) is 0 Å². The summed E-state index contributed by atoms with van der Waals surface area (Å²) in [5, 5.41) is 3.97. The number of hydrogen-bond donors (Lipinski definition) is 1.